The molecule has 0 radical (unpaired) electrons. The minimum absolute atomic E-state index is 0.182. The van der Waals surface area contributed by atoms with Crippen LogP contribution in [0.15, 0.2) is 49.1 Å². The molecule has 0 saturated carbocycles. The number of nitrogens with one attached hydrogen (secondary N) is 1. The molecule has 0 bridgehead atoms. The molecule has 0 atom stereocenters. The van der Waals surface area contributed by atoms with Gasteiger partial charge in [-0.05, 0) is 59.3 Å². The molecule has 0 saturated heterocycles. The predicted molar refractivity (Wildman–Crippen MR) is 104 cm³/mol. The van der Waals surface area contributed by atoms with Crippen molar-refractivity contribution in [3.63, 3.8) is 0 Å². The molecule has 2 aromatic carbocycles. The first-order valence-corrected chi connectivity index (χ1v) is 8.52. The molecule has 8 nitrogen and oxygen atoms in total. The minimum atomic E-state index is -1.25. The molecule has 0 fully saturated rings. The smallest absolute Gasteiger partial charge is 0.338 e. The fraction of sp³-hybridized carbons (Fsp3) is 0.0588. The van der Waals surface area contributed by atoms with Crippen LogP contribution in [-0.4, -0.2) is 25.6 Å². The highest BCUT2D eigenvalue weighted by Crippen LogP contribution is 2.33. The summed E-state index contributed by atoms with van der Waals surface area (Å²) < 4.78 is 2.52. The number of anilines is 2. The van der Waals surface area contributed by atoms with Crippen molar-refractivity contribution in [1.29, 1.82) is 0 Å². The SMILES string of the molecule is Cc1cc(I)ccc1Nc1cc(-n2ccnc2)c([N+](=O)[O-])cc1C(=O)O. The van der Waals surface area contributed by atoms with Crippen LogP contribution in [0.2, 0.25) is 0 Å². The van der Waals surface area contributed by atoms with Crippen LogP contribution < -0.4 is 5.32 Å². The third-order valence-electron chi connectivity index (χ3n) is 3.78. The summed E-state index contributed by atoms with van der Waals surface area (Å²) in [7, 11) is 0. The van der Waals surface area contributed by atoms with Crippen molar-refractivity contribution in [2.45, 2.75) is 6.92 Å². The van der Waals surface area contributed by atoms with Crippen LogP contribution in [0.25, 0.3) is 5.69 Å². The number of aromatic nitrogens is 2. The fourth-order valence-corrected chi connectivity index (χ4v) is 3.17. The van der Waals surface area contributed by atoms with Crippen molar-refractivity contribution < 1.29 is 14.8 Å². The molecular formula is C17H13IN4O4. The molecule has 2 N–H and O–H groups in total. The van der Waals surface area contributed by atoms with Crippen LogP contribution >= 0.6 is 22.6 Å². The third kappa shape index (κ3) is 3.52. The van der Waals surface area contributed by atoms with Crippen molar-refractivity contribution >= 4 is 45.6 Å². The molecule has 3 rings (SSSR count). The lowest BCUT2D eigenvalue weighted by atomic mass is 10.1. The van der Waals surface area contributed by atoms with E-state index in [4.69, 9.17) is 0 Å². The molecule has 1 heterocycles. The van der Waals surface area contributed by atoms with E-state index in [-0.39, 0.29) is 22.6 Å². The van der Waals surface area contributed by atoms with Crippen molar-refractivity contribution in [3.8, 4) is 5.69 Å². The lowest BCUT2D eigenvalue weighted by molar-refractivity contribution is -0.384. The summed E-state index contributed by atoms with van der Waals surface area (Å²) in [4.78, 5) is 26.3. The maximum atomic E-state index is 11.6. The van der Waals surface area contributed by atoms with E-state index in [9.17, 15) is 20.0 Å². The zero-order chi connectivity index (χ0) is 18.8. The van der Waals surface area contributed by atoms with Gasteiger partial charge in [-0.15, -0.1) is 0 Å². The highest BCUT2D eigenvalue weighted by Gasteiger charge is 2.23. The van der Waals surface area contributed by atoms with Gasteiger partial charge in [-0.25, -0.2) is 9.78 Å². The lowest BCUT2D eigenvalue weighted by Gasteiger charge is -2.14. The van der Waals surface area contributed by atoms with Gasteiger partial charge in [0.05, 0.1) is 22.5 Å². The average Bonchev–Trinajstić information content (AvgIpc) is 3.11. The van der Waals surface area contributed by atoms with E-state index in [0.29, 0.717) is 0 Å². The number of rotatable bonds is 5. The molecule has 9 heteroatoms. The number of halogens is 1. The number of carbonyl (C=O) groups is 1. The minimum Gasteiger partial charge on any atom is -0.478 e. The predicted octanol–water partition coefficient (Wildman–Crippen LogP) is 4.14. The largest absolute Gasteiger partial charge is 0.478 e. The van der Waals surface area contributed by atoms with Gasteiger partial charge >= 0.3 is 5.97 Å². The Labute approximate surface area is 161 Å². The van der Waals surface area contributed by atoms with Crippen molar-refractivity contribution in [1.82, 2.24) is 9.55 Å². The van der Waals surface area contributed by atoms with Crippen LogP contribution in [0.4, 0.5) is 17.1 Å². The molecule has 0 aliphatic heterocycles. The first kappa shape index (κ1) is 17.9. The number of carboxylic acids is 1. The van der Waals surface area contributed by atoms with Gasteiger partial charge in [0, 0.05) is 27.7 Å². The van der Waals surface area contributed by atoms with E-state index in [1.54, 1.807) is 6.20 Å². The fourth-order valence-electron chi connectivity index (χ4n) is 2.52. The molecular weight excluding hydrogens is 451 g/mol. The van der Waals surface area contributed by atoms with Crippen LogP contribution in [0.5, 0.6) is 0 Å². The van der Waals surface area contributed by atoms with E-state index in [1.165, 1.54) is 23.2 Å². The summed E-state index contributed by atoms with van der Waals surface area (Å²) in [6.45, 7) is 1.90. The Kier molecular flexibility index (Phi) is 4.89. The van der Waals surface area contributed by atoms with E-state index in [0.717, 1.165) is 20.9 Å². The second-order valence-electron chi connectivity index (χ2n) is 5.50. The first-order chi connectivity index (χ1) is 12.4. The van der Waals surface area contributed by atoms with Gasteiger partial charge in [-0.2, -0.15) is 0 Å². The van der Waals surface area contributed by atoms with Gasteiger partial charge in [-0.1, -0.05) is 0 Å². The molecule has 132 valence electrons. The van der Waals surface area contributed by atoms with E-state index in [2.05, 4.69) is 32.9 Å². The summed E-state index contributed by atoms with van der Waals surface area (Å²) in [6, 6.07) is 8.17. The van der Waals surface area contributed by atoms with Crippen LogP contribution in [-0.2, 0) is 0 Å². The van der Waals surface area contributed by atoms with E-state index < -0.39 is 10.9 Å². The lowest BCUT2D eigenvalue weighted by Crippen LogP contribution is -2.08. The molecule has 26 heavy (non-hydrogen) atoms. The van der Waals surface area contributed by atoms with E-state index in [1.807, 2.05) is 25.1 Å². The second-order valence-corrected chi connectivity index (χ2v) is 6.75. The average molecular weight is 464 g/mol. The Morgan fingerprint density at radius 1 is 1.31 bits per heavy atom. The van der Waals surface area contributed by atoms with Gasteiger partial charge in [0.2, 0.25) is 0 Å². The third-order valence-corrected chi connectivity index (χ3v) is 4.45. The maximum absolute atomic E-state index is 11.6. The summed E-state index contributed by atoms with van der Waals surface area (Å²) >= 11 is 2.19. The highest BCUT2D eigenvalue weighted by molar-refractivity contribution is 14.1. The highest BCUT2D eigenvalue weighted by atomic mass is 127. The van der Waals surface area contributed by atoms with Crippen molar-refractivity contribution in [2.24, 2.45) is 0 Å². The number of benzene rings is 2. The van der Waals surface area contributed by atoms with Gasteiger partial charge < -0.3 is 15.0 Å². The standard InChI is InChI=1S/C17H13IN4O4/c1-10-6-11(18)2-3-13(10)20-14-8-15(21-5-4-19-9-21)16(22(25)26)7-12(14)17(23)24/h2-9,20H,1H3,(H,23,24). The van der Waals surface area contributed by atoms with Gasteiger partial charge in [0.25, 0.3) is 5.69 Å². The van der Waals surface area contributed by atoms with Gasteiger partial charge in [-0.3, -0.25) is 10.1 Å². The number of hydrogen-bond acceptors (Lipinski definition) is 5. The molecule has 0 unspecified atom stereocenters. The van der Waals surface area contributed by atoms with Crippen LogP contribution in [0, 0.1) is 20.6 Å². The quantitative estimate of drug-likeness (QED) is 0.334. The number of nitro benzene ring substituents is 1. The molecule has 0 aliphatic rings. The zero-order valence-electron chi connectivity index (χ0n) is 13.5. The summed E-state index contributed by atoms with van der Waals surface area (Å²) in [6.07, 6.45) is 4.47. The topological polar surface area (TPSA) is 110 Å². The summed E-state index contributed by atoms with van der Waals surface area (Å²) in [5.41, 5.74) is 1.64. The number of carboxylic acid groups (broad SMARTS) is 1. The van der Waals surface area contributed by atoms with Crippen LogP contribution in [0.3, 0.4) is 0 Å². The normalized spacial score (nSPS) is 10.5. The first-order valence-electron chi connectivity index (χ1n) is 7.44. The number of hydrogen-bond donors (Lipinski definition) is 2. The molecule has 0 aliphatic carbocycles. The summed E-state index contributed by atoms with van der Waals surface area (Å²) in [5.74, 6) is -1.25. The zero-order valence-corrected chi connectivity index (χ0v) is 15.7. The molecule has 0 spiro atoms. The molecule has 3 aromatic rings. The van der Waals surface area contributed by atoms with Crippen molar-refractivity contribution in [2.75, 3.05) is 5.32 Å². The monoisotopic (exact) mass is 464 g/mol. The molecule has 0 amide bonds. The van der Waals surface area contributed by atoms with Crippen LogP contribution in [0.1, 0.15) is 15.9 Å². The molecule has 1 aromatic heterocycles. The van der Waals surface area contributed by atoms with E-state index >= 15 is 0 Å². The Hall–Kier alpha value is -2.95. The Balaban J connectivity index is 2.18. The second kappa shape index (κ2) is 7.12. The van der Waals surface area contributed by atoms with Gasteiger partial charge in [0.15, 0.2) is 0 Å². The number of imidazole rings is 1. The summed E-state index contributed by atoms with van der Waals surface area (Å²) in [5, 5.41) is 24.0. The number of nitro groups is 1. The number of aryl methyl sites for hydroxylation is 1. The number of nitrogens with zero attached hydrogens (tertiary/aromatic N) is 3. The Morgan fingerprint density at radius 2 is 2.08 bits per heavy atom. The Bertz CT molecular complexity index is 1000. The number of aromatic carboxylic acids is 1. The Morgan fingerprint density at radius 3 is 2.65 bits per heavy atom. The van der Waals surface area contributed by atoms with Gasteiger partial charge in [0.1, 0.15) is 5.69 Å². The maximum Gasteiger partial charge on any atom is 0.338 e. The van der Waals surface area contributed by atoms with Crippen molar-refractivity contribution in [3.05, 3.63) is 73.9 Å².